The van der Waals surface area contributed by atoms with Crippen molar-refractivity contribution in [2.24, 2.45) is 11.1 Å². The van der Waals surface area contributed by atoms with Crippen LogP contribution in [-0.4, -0.2) is 31.6 Å². The second-order valence-corrected chi connectivity index (χ2v) is 6.10. The Labute approximate surface area is 136 Å². The molecule has 2 amide bonds. The zero-order chi connectivity index (χ0) is 16.9. The lowest BCUT2D eigenvalue weighted by Crippen LogP contribution is -2.49. The minimum absolute atomic E-state index is 0.0271. The van der Waals surface area contributed by atoms with Crippen molar-refractivity contribution in [1.82, 2.24) is 5.32 Å². The minimum Gasteiger partial charge on any atom is -0.381 e. The highest BCUT2D eigenvalue weighted by Gasteiger charge is 2.39. The fourth-order valence-corrected chi connectivity index (χ4v) is 2.81. The molecule has 1 aromatic carbocycles. The highest BCUT2D eigenvalue weighted by atomic mass is 16.5. The predicted molar refractivity (Wildman–Crippen MR) is 88.8 cm³/mol. The van der Waals surface area contributed by atoms with Crippen molar-refractivity contribution in [2.75, 3.05) is 25.1 Å². The first-order valence-corrected chi connectivity index (χ1v) is 7.93. The predicted octanol–water partition coefficient (Wildman–Crippen LogP) is 1.58. The summed E-state index contributed by atoms with van der Waals surface area (Å²) in [6, 6.07) is 7.30. The van der Waals surface area contributed by atoms with Crippen LogP contribution in [-0.2, 0) is 14.3 Å². The smallest absolute Gasteiger partial charge is 0.228 e. The minimum atomic E-state index is -0.540. The molecule has 1 aliphatic heterocycles. The third kappa shape index (κ3) is 4.30. The van der Waals surface area contributed by atoms with Gasteiger partial charge in [-0.3, -0.25) is 9.59 Å². The number of nitrogens with one attached hydrogen (secondary N) is 2. The Balaban J connectivity index is 2.07. The van der Waals surface area contributed by atoms with Crippen LogP contribution in [0.1, 0.15) is 38.3 Å². The normalized spacial score (nSPS) is 18.0. The Morgan fingerprint density at radius 2 is 2.04 bits per heavy atom. The molecule has 1 heterocycles. The molecular weight excluding hydrogens is 294 g/mol. The van der Waals surface area contributed by atoms with Crippen LogP contribution in [0.3, 0.4) is 0 Å². The first-order chi connectivity index (χ1) is 11.0. The Kier molecular flexibility index (Phi) is 5.74. The number of carbonyl (C=O) groups excluding carboxylic acids is 2. The maximum Gasteiger partial charge on any atom is 0.228 e. The Morgan fingerprint density at radius 3 is 2.65 bits per heavy atom. The van der Waals surface area contributed by atoms with Gasteiger partial charge in [-0.15, -0.1) is 0 Å². The molecule has 4 N–H and O–H groups in total. The number of ether oxygens (including phenoxy) is 1. The van der Waals surface area contributed by atoms with E-state index in [0.29, 0.717) is 32.6 Å². The molecule has 0 spiro atoms. The Bertz CT molecular complexity index is 568. The van der Waals surface area contributed by atoms with Crippen LogP contribution >= 0.6 is 0 Å². The van der Waals surface area contributed by atoms with E-state index < -0.39 is 5.41 Å². The van der Waals surface area contributed by atoms with Crippen molar-refractivity contribution in [2.45, 2.75) is 32.7 Å². The number of nitrogens with two attached hydrogens (primary N) is 1. The molecule has 1 aliphatic rings. The molecule has 2 rings (SSSR count). The van der Waals surface area contributed by atoms with Crippen molar-refractivity contribution >= 4 is 17.5 Å². The van der Waals surface area contributed by atoms with E-state index >= 15 is 0 Å². The van der Waals surface area contributed by atoms with Crippen molar-refractivity contribution in [3.05, 3.63) is 29.8 Å². The molecule has 6 nitrogen and oxygen atoms in total. The van der Waals surface area contributed by atoms with Crippen molar-refractivity contribution in [3.8, 4) is 0 Å². The van der Waals surface area contributed by atoms with E-state index in [2.05, 4.69) is 10.6 Å². The number of amides is 2. The average Bonchev–Trinajstić information content (AvgIpc) is 2.55. The molecule has 6 heteroatoms. The number of benzene rings is 1. The van der Waals surface area contributed by atoms with Gasteiger partial charge in [0.25, 0.3) is 0 Å². The van der Waals surface area contributed by atoms with Crippen LogP contribution in [0.2, 0.25) is 0 Å². The number of anilines is 1. The van der Waals surface area contributed by atoms with Crippen LogP contribution in [0.25, 0.3) is 0 Å². The summed E-state index contributed by atoms with van der Waals surface area (Å²) >= 11 is 0. The Morgan fingerprint density at radius 1 is 1.35 bits per heavy atom. The van der Waals surface area contributed by atoms with Gasteiger partial charge in [-0.25, -0.2) is 0 Å². The summed E-state index contributed by atoms with van der Waals surface area (Å²) in [5.41, 5.74) is 6.98. The summed E-state index contributed by atoms with van der Waals surface area (Å²) in [6.45, 7) is 4.84. The van der Waals surface area contributed by atoms with Crippen LogP contribution in [0.5, 0.6) is 0 Å². The third-order valence-electron chi connectivity index (χ3n) is 4.38. The quantitative estimate of drug-likeness (QED) is 0.768. The van der Waals surface area contributed by atoms with Gasteiger partial charge in [0.1, 0.15) is 0 Å². The lowest BCUT2D eigenvalue weighted by atomic mass is 9.79. The monoisotopic (exact) mass is 319 g/mol. The van der Waals surface area contributed by atoms with Crippen molar-refractivity contribution < 1.29 is 14.3 Å². The van der Waals surface area contributed by atoms with E-state index in [9.17, 15) is 9.59 Å². The number of rotatable bonds is 5. The number of hydrogen-bond acceptors (Lipinski definition) is 4. The molecule has 0 saturated carbocycles. The van der Waals surface area contributed by atoms with Crippen molar-refractivity contribution in [1.29, 1.82) is 0 Å². The second-order valence-electron chi connectivity index (χ2n) is 6.10. The maximum absolute atomic E-state index is 12.7. The maximum atomic E-state index is 12.7. The molecule has 126 valence electrons. The van der Waals surface area contributed by atoms with Crippen molar-refractivity contribution in [3.63, 3.8) is 0 Å². The standard InChI is InChI=1S/C17H25N3O3/c1-12(14-4-3-5-15(10-14)20-13(2)21)19-16(22)17(11-18)6-8-23-9-7-17/h3-5,10,12H,6-9,11,18H2,1-2H3,(H,19,22)(H,20,21). The molecule has 0 bridgehead atoms. The van der Waals surface area contributed by atoms with Gasteiger partial charge in [-0.1, -0.05) is 12.1 Å². The van der Waals surface area contributed by atoms with Gasteiger partial charge in [-0.2, -0.15) is 0 Å². The summed E-state index contributed by atoms with van der Waals surface area (Å²) in [6.07, 6.45) is 1.29. The first-order valence-electron chi connectivity index (χ1n) is 7.93. The summed E-state index contributed by atoms with van der Waals surface area (Å²) in [5, 5.41) is 5.80. The zero-order valence-electron chi connectivity index (χ0n) is 13.7. The lowest BCUT2D eigenvalue weighted by Gasteiger charge is -2.35. The van der Waals surface area contributed by atoms with Crippen LogP contribution < -0.4 is 16.4 Å². The third-order valence-corrected chi connectivity index (χ3v) is 4.38. The van der Waals surface area contributed by atoms with Gasteiger partial charge in [0, 0.05) is 32.4 Å². The van der Waals surface area contributed by atoms with Gasteiger partial charge in [0.2, 0.25) is 11.8 Å². The molecular formula is C17H25N3O3. The van der Waals surface area contributed by atoms with E-state index in [-0.39, 0.29) is 17.9 Å². The SMILES string of the molecule is CC(=O)Nc1cccc(C(C)NC(=O)C2(CN)CCOCC2)c1. The lowest BCUT2D eigenvalue weighted by molar-refractivity contribution is -0.136. The fourth-order valence-electron chi connectivity index (χ4n) is 2.81. The molecule has 1 aromatic rings. The Hall–Kier alpha value is -1.92. The summed E-state index contributed by atoms with van der Waals surface area (Å²) in [7, 11) is 0. The van der Waals surface area contributed by atoms with E-state index in [0.717, 1.165) is 11.3 Å². The highest BCUT2D eigenvalue weighted by molar-refractivity contribution is 5.88. The summed E-state index contributed by atoms with van der Waals surface area (Å²) in [4.78, 5) is 23.8. The molecule has 1 unspecified atom stereocenters. The van der Waals surface area contributed by atoms with Crippen LogP contribution in [0.4, 0.5) is 5.69 Å². The van der Waals surface area contributed by atoms with Gasteiger partial charge in [0.15, 0.2) is 0 Å². The molecule has 1 atom stereocenters. The molecule has 1 saturated heterocycles. The van der Waals surface area contributed by atoms with Gasteiger partial charge >= 0.3 is 0 Å². The highest BCUT2D eigenvalue weighted by Crippen LogP contribution is 2.30. The number of carbonyl (C=O) groups is 2. The van der Waals surface area contributed by atoms with Crippen LogP contribution in [0, 0.1) is 5.41 Å². The first kappa shape index (κ1) is 17.4. The molecule has 0 aliphatic carbocycles. The van der Waals surface area contributed by atoms with E-state index in [1.807, 2.05) is 31.2 Å². The molecule has 0 aromatic heterocycles. The molecule has 1 fully saturated rings. The largest absolute Gasteiger partial charge is 0.381 e. The fraction of sp³-hybridized carbons (Fsp3) is 0.529. The molecule has 23 heavy (non-hydrogen) atoms. The molecule has 0 radical (unpaired) electrons. The second kappa shape index (κ2) is 7.57. The summed E-state index contributed by atoms with van der Waals surface area (Å²) in [5.74, 6) is -0.149. The zero-order valence-corrected chi connectivity index (χ0v) is 13.7. The van der Waals surface area contributed by atoms with Gasteiger partial charge < -0.3 is 21.1 Å². The van der Waals surface area contributed by atoms with Crippen LogP contribution in [0.15, 0.2) is 24.3 Å². The van der Waals surface area contributed by atoms with E-state index in [1.165, 1.54) is 6.92 Å². The van der Waals surface area contributed by atoms with E-state index in [1.54, 1.807) is 0 Å². The average molecular weight is 319 g/mol. The van der Waals surface area contributed by atoms with Gasteiger partial charge in [-0.05, 0) is 37.5 Å². The topological polar surface area (TPSA) is 93.5 Å². The van der Waals surface area contributed by atoms with Gasteiger partial charge in [0.05, 0.1) is 11.5 Å². The van der Waals surface area contributed by atoms with E-state index in [4.69, 9.17) is 10.5 Å². The number of hydrogen-bond donors (Lipinski definition) is 3. The summed E-state index contributed by atoms with van der Waals surface area (Å²) < 4.78 is 5.34.